The van der Waals surface area contributed by atoms with E-state index in [9.17, 15) is 23.1 Å². The summed E-state index contributed by atoms with van der Waals surface area (Å²) in [5, 5.41) is 11.1. The quantitative estimate of drug-likeness (QED) is 0.383. The average molecular weight is 527 g/mol. The van der Waals surface area contributed by atoms with Crippen molar-refractivity contribution in [3.63, 3.8) is 0 Å². The molecule has 33 heavy (non-hydrogen) atoms. The van der Waals surface area contributed by atoms with Crippen LogP contribution in [0.4, 0.5) is 5.69 Å². The summed E-state index contributed by atoms with van der Waals surface area (Å²) in [4.78, 5) is 25.8. The Bertz CT molecular complexity index is 1530. The molecule has 0 spiro atoms. The number of nitrogens with one attached hydrogen (secondary N) is 1. The lowest BCUT2D eigenvalue weighted by Gasteiger charge is -2.18. The zero-order valence-corrected chi connectivity index (χ0v) is 19.9. The predicted molar refractivity (Wildman–Crippen MR) is 132 cm³/mol. The smallest absolute Gasteiger partial charge is 0.353 e. The number of aromatic nitrogens is 1. The fourth-order valence-corrected chi connectivity index (χ4v) is 4.69. The van der Waals surface area contributed by atoms with Gasteiger partial charge in [-0.3, -0.25) is 14.1 Å². The Hall–Kier alpha value is -3.43. The molecule has 0 radical (unpaired) electrons. The third-order valence-corrected chi connectivity index (χ3v) is 6.20. The van der Waals surface area contributed by atoms with Gasteiger partial charge in [-0.2, -0.15) is 0 Å². The monoisotopic (exact) mass is 526 g/mol. The summed E-state index contributed by atoms with van der Waals surface area (Å²) in [5.41, 5.74) is 1.62. The van der Waals surface area contributed by atoms with Gasteiger partial charge in [0.25, 0.3) is 5.56 Å². The SMILES string of the molecule is CS(=O)(=O)Nc1ccc(Cn2c(C(=O)O)c(-c3ccccc3)c3cc(Br)ccc3c2=O)cc1. The summed E-state index contributed by atoms with van der Waals surface area (Å²) in [7, 11) is -3.42. The molecule has 0 aliphatic carbocycles. The van der Waals surface area contributed by atoms with Crippen LogP contribution < -0.4 is 10.3 Å². The molecule has 0 unspecified atom stereocenters. The Morgan fingerprint density at radius 3 is 2.27 bits per heavy atom. The fourth-order valence-electron chi connectivity index (χ4n) is 3.76. The van der Waals surface area contributed by atoms with Crippen LogP contribution in [0.1, 0.15) is 16.1 Å². The van der Waals surface area contributed by atoms with Gasteiger partial charge in [0.1, 0.15) is 5.69 Å². The van der Waals surface area contributed by atoms with Gasteiger partial charge in [-0.05, 0) is 46.8 Å². The van der Waals surface area contributed by atoms with Gasteiger partial charge in [-0.15, -0.1) is 0 Å². The van der Waals surface area contributed by atoms with E-state index >= 15 is 0 Å². The number of anilines is 1. The number of benzene rings is 3. The number of nitrogens with zero attached hydrogens (tertiary/aromatic N) is 1. The highest BCUT2D eigenvalue weighted by Gasteiger charge is 2.23. The van der Waals surface area contributed by atoms with Gasteiger partial charge in [0.15, 0.2) is 0 Å². The van der Waals surface area contributed by atoms with Crippen LogP contribution in [0.15, 0.2) is 82.1 Å². The van der Waals surface area contributed by atoms with Crippen LogP contribution in [-0.2, 0) is 16.6 Å². The summed E-state index contributed by atoms with van der Waals surface area (Å²) < 4.78 is 27.2. The van der Waals surface area contributed by atoms with E-state index in [1.807, 2.05) is 30.3 Å². The first kappa shape index (κ1) is 22.8. The summed E-state index contributed by atoms with van der Waals surface area (Å²) in [6.45, 7) is 0.00542. The minimum absolute atomic E-state index is 0.00542. The number of carbonyl (C=O) groups is 1. The minimum Gasteiger partial charge on any atom is -0.477 e. The van der Waals surface area contributed by atoms with Crippen molar-refractivity contribution in [3.05, 3.63) is 98.9 Å². The lowest BCUT2D eigenvalue weighted by atomic mass is 9.96. The molecule has 0 aliphatic heterocycles. The van der Waals surface area contributed by atoms with Crippen molar-refractivity contribution in [3.8, 4) is 11.1 Å². The van der Waals surface area contributed by atoms with Crippen LogP contribution in [0, 0.1) is 0 Å². The standard InChI is InChI=1S/C24H19BrN2O5S/c1-33(31,32)26-18-10-7-15(8-11-18)14-27-22(24(29)30)21(16-5-3-2-4-6-16)20-13-17(25)9-12-19(20)23(27)28/h2-13,26H,14H2,1H3,(H,29,30). The molecule has 0 atom stereocenters. The van der Waals surface area contributed by atoms with Gasteiger partial charge in [0, 0.05) is 21.1 Å². The first-order valence-electron chi connectivity index (χ1n) is 9.85. The highest BCUT2D eigenvalue weighted by atomic mass is 79.9. The van der Waals surface area contributed by atoms with Crippen molar-refractivity contribution in [2.45, 2.75) is 6.54 Å². The maximum Gasteiger partial charge on any atom is 0.353 e. The second-order valence-corrected chi connectivity index (χ2v) is 10.2. The van der Waals surface area contributed by atoms with Crippen molar-refractivity contribution in [1.29, 1.82) is 0 Å². The highest BCUT2D eigenvalue weighted by molar-refractivity contribution is 9.10. The number of carboxylic acids is 1. The van der Waals surface area contributed by atoms with E-state index in [0.29, 0.717) is 33.2 Å². The van der Waals surface area contributed by atoms with Gasteiger partial charge in [0.2, 0.25) is 10.0 Å². The van der Waals surface area contributed by atoms with E-state index in [1.54, 1.807) is 42.5 Å². The molecule has 0 fully saturated rings. The molecule has 0 saturated heterocycles. The van der Waals surface area contributed by atoms with Crippen molar-refractivity contribution < 1.29 is 18.3 Å². The molecule has 9 heteroatoms. The molecule has 2 N–H and O–H groups in total. The zero-order valence-electron chi connectivity index (χ0n) is 17.4. The van der Waals surface area contributed by atoms with Crippen molar-refractivity contribution in [2.75, 3.05) is 11.0 Å². The van der Waals surface area contributed by atoms with Crippen LogP contribution in [0.3, 0.4) is 0 Å². The van der Waals surface area contributed by atoms with E-state index in [4.69, 9.17) is 0 Å². The van der Waals surface area contributed by atoms with Crippen LogP contribution in [0.2, 0.25) is 0 Å². The van der Waals surface area contributed by atoms with Crippen LogP contribution in [-0.4, -0.2) is 30.3 Å². The van der Waals surface area contributed by atoms with Gasteiger partial charge in [-0.25, -0.2) is 13.2 Å². The Balaban J connectivity index is 1.94. The number of sulfonamides is 1. The molecule has 7 nitrogen and oxygen atoms in total. The molecule has 4 rings (SSSR count). The van der Waals surface area contributed by atoms with Crippen LogP contribution >= 0.6 is 15.9 Å². The Labute approximate surface area is 198 Å². The Kier molecular flexibility index (Phi) is 6.09. The van der Waals surface area contributed by atoms with E-state index in [0.717, 1.165) is 10.7 Å². The number of pyridine rings is 1. The highest BCUT2D eigenvalue weighted by Crippen LogP contribution is 2.32. The molecule has 1 aromatic heterocycles. The third-order valence-electron chi connectivity index (χ3n) is 5.10. The number of fused-ring (bicyclic) bond motifs is 1. The lowest BCUT2D eigenvalue weighted by molar-refractivity contribution is 0.0685. The van der Waals surface area contributed by atoms with Gasteiger partial charge < -0.3 is 5.11 Å². The Morgan fingerprint density at radius 2 is 1.67 bits per heavy atom. The molecule has 0 bridgehead atoms. The summed E-state index contributed by atoms with van der Waals surface area (Å²) in [5.74, 6) is -1.22. The third kappa shape index (κ3) is 4.84. The van der Waals surface area contributed by atoms with E-state index in [1.165, 1.54) is 4.57 Å². The van der Waals surface area contributed by atoms with E-state index in [2.05, 4.69) is 20.7 Å². The average Bonchev–Trinajstić information content (AvgIpc) is 2.76. The number of aromatic carboxylic acids is 1. The van der Waals surface area contributed by atoms with Crippen LogP contribution in [0.25, 0.3) is 21.9 Å². The van der Waals surface area contributed by atoms with E-state index < -0.39 is 21.6 Å². The topological polar surface area (TPSA) is 105 Å². The minimum atomic E-state index is -3.42. The molecule has 4 aromatic rings. The molecule has 1 heterocycles. The zero-order chi connectivity index (χ0) is 23.8. The fraction of sp³-hybridized carbons (Fsp3) is 0.0833. The van der Waals surface area contributed by atoms with Crippen molar-refractivity contribution >= 4 is 48.4 Å². The maximum atomic E-state index is 13.4. The van der Waals surface area contributed by atoms with E-state index in [-0.39, 0.29) is 12.2 Å². The molecule has 3 aromatic carbocycles. The number of hydrogen-bond acceptors (Lipinski definition) is 4. The molecule has 0 amide bonds. The first-order valence-corrected chi connectivity index (χ1v) is 12.5. The number of rotatable bonds is 6. The molecular formula is C24H19BrN2O5S. The second-order valence-electron chi connectivity index (χ2n) is 7.55. The largest absolute Gasteiger partial charge is 0.477 e. The molecule has 168 valence electrons. The Morgan fingerprint density at radius 1 is 1.00 bits per heavy atom. The molecule has 0 aliphatic rings. The predicted octanol–water partition coefficient (Wildman–Crippen LogP) is 4.55. The van der Waals surface area contributed by atoms with Crippen molar-refractivity contribution in [1.82, 2.24) is 4.57 Å². The molecular weight excluding hydrogens is 508 g/mol. The van der Waals surface area contributed by atoms with Crippen LogP contribution in [0.5, 0.6) is 0 Å². The summed E-state index contributed by atoms with van der Waals surface area (Å²) in [6, 6.07) is 20.7. The second kappa shape index (κ2) is 8.84. The lowest BCUT2D eigenvalue weighted by Crippen LogP contribution is -2.28. The summed E-state index contributed by atoms with van der Waals surface area (Å²) >= 11 is 3.42. The van der Waals surface area contributed by atoms with Gasteiger partial charge in [0.05, 0.1) is 12.8 Å². The van der Waals surface area contributed by atoms with Gasteiger partial charge >= 0.3 is 5.97 Å². The first-order chi connectivity index (χ1) is 15.6. The maximum absolute atomic E-state index is 13.4. The number of halogens is 1. The molecule has 0 saturated carbocycles. The normalized spacial score (nSPS) is 11.5. The van der Waals surface area contributed by atoms with Gasteiger partial charge in [-0.1, -0.05) is 58.4 Å². The number of hydrogen-bond donors (Lipinski definition) is 2. The number of carboxylic acid groups (broad SMARTS) is 1. The van der Waals surface area contributed by atoms with Crippen molar-refractivity contribution in [2.24, 2.45) is 0 Å². The summed E-state index contributed by atoms with van der Waals surface area (Å²) in [6.07, 6.45) is 1.05.